The van der Waals surface area contributed by atoms with Crippen LogP contribution in [0, 0.1) is 24.0 Å². The molecule has 234 valence electrons. The Hall–Kier alpha value is -5.38. The number of rotatable bonds is 6. The number of fused-ring (bicyclic) bond motifs is 4. The molecule has 1 spiro atoms. The number of furan rings is 1. The first-order chi connectivity index (χ1) is 21.9. The fourth-order valence-corrected chi connectivity index (χ4v) is 7.09. The molecule has 0 saturated heterocycles. The van der Waals surface area contributed by atoms with Gasteiger partial charge in [0.15, 0.2) is 0 Å². The molecule has 1 N–H and O–H groups in total. The first kappa shape index (κ1) is 29.3. The van der Waals surface area contributed by atoms with Crippen molar-refractivity contribution in [3.05, 3.63) is 115 Å². The minimum atomic E-state index is -0.986. The van der Waals surface area contributed by atoms with Crippen molar-refractivity contribution >= 4 is 45.3 Å². The predicted molar refractivity (Wildman–Crippen MR) is 175 cm³/mol. The monoisotopic (exact) mass is 619 g/mol. The van der Waals surface area contributed by atoms with Gasteiger partial charge >= 0.3 is 5.63 Å². The Kier molecular flexibility index (Phi) is 6.59. The topological polar surface area (TPSA) is 128 Å². The standard InChI is InChI=1S/C36H33N3O7/c1-20-16-31(41)45-34-26(20)19-24-17-21(2)44-33(24)32(34)22(3)37-30(40)13-15-38-28-9-7-6-8-27(28)35(4,5)36(38)14-12-23-18-25(39(42)43)10-11-29(23)46-36/h6-12,14,16-19,22H,13,15H2,1-5H3,(H,37,40). The third-order valence-electron chi connectivity index (χ3n) is 9.38. The highest BCUT2D eigenvalue weighted by molar-refractivity contribution is 5.99. The normalized spacial score (nSPS) is 18.4. The van der Waals surface area contributed by atoms with E-state index < -0.39 is 27.7 Å². The highest BCUT2D eigenvalue weighted by atomic mass is 16.6. The molecule has 2 aliphatic heterocycles. The van der Waals surface area contributed by atoms with E-state index >= 15 is 0 Å². The summed E-state index contributed by atoms with van der Waals surface area (Å²) >= 11 is 0. The first-order valence-electron chi connectivity index (χ1n) is 15.2. The Bertz CT molecular complexity index is 2180. The van der Waals surface area contributed by atoms with Gasteiger partial charge in [-0.05, 0) is 82.2 Å². The third kappa shape index (κ3) is 4.39. The van der Waals surface area contributed by atoms with E-state index in [-0.39, 0.29) is 18.0 Å². The molecule has 0 radical (unpaired) electrons. The molecule has 7 rings (SSSR count). The van der Waals surface area contributed by atoms with E-state index in [0.717, 1.165) is 27.6 Å². The number of hydrogen-bond acceptors (Lipinski definition) is 8. The molecule has 0 aliphatic carbocycles. The number of non-ortho nitro benzene ring substituents is 1. The van der Waals surface area contributed by atoms with Crippen molar-refractivity contribution in [3.63, 3.8) is 0 Å². The van der Waals surface area contributed by atoms with Gasteiger partial charge in [-0.2, -0.15) is 0 Å². The van der Waals surface area contributed by atoms with Gasteiger partial charge in [0.2, 0.25) is 11.6 Å². The summed E-state index contributed by atoms with van der Waals surface area (Å²) in [5.41, 5.74) is 2.99. The zero-order valence-electron chi connectivity index (χ0n) is 26.2. The molecule has 0 fully saturated rings. The summed E-state index contributed by atoms with van der Waals surface area (Å²) in [6.07, 6.45) is 3.94. The number of para-hydroxylation sites is 1. The zero-order chi connectivity index (χ0) is 32.5. The van der Waals surface area contributed by atoms with Crippen LogP contribution in [0.15, 0.2) is 80.4 Å². The summed E-state index contributed by atoms with van der Waals surface area (Å²) < 4.78 is 18.5. The van der Waals surface area contributed by atoms with E-state index in [1.54, 1.807) is 6.07 Å². The number of ether oxygens (including phenoxy) is 1. The van der Waals surface area contributed by atoms with Crippen molar-refractivity contribution in [1.82, 2.24) is 5.32 Å². The molecule has 10 heteroatoms. The van der Waals surface area contributed by atoms with Gasteiger partial charge in [-0.15, -0.1) is 0 Å². The number of nitro groups is 1. The average molecular weight is 620 g/mol. The number of nitro benzene ring substituents is 1. The molecule has 1 amide bonds. The van der Waals surface area contributed by atoms with Gasteiger partial charge in [-0.1, -0.05) is 18.2 Å². The molecular formula is C36H33N3O7. The second-order valence-electron chi connectivity index (χ2n) is 12.6. The van der Waals surface area contributed by atoms with Gasteiger partial charge in [-0.25, -0.2) is 4.79 Å². The van der Waals surface area contributed by atoms with E-state index in [9.17, 15) is 19.7 Å². The fraction of sp³-hybridized carbons (Fsp3) is 0.278. The Morgan fingerprint density at radius 1 is 1.04 bits per heavy atom. The number of carbonyl (C=O) groups is 1. The first-order valence-corrected chi connectivity index (χ1v) is 15.2. The van der Waals surface area contributed by atoms with Gasteiger partial charge in [0.25, 0.3) is 5.69 Å². The molecule has 2 aromatic heterocycles. The second-order valence-corrected chi connectivity index (χ2v) is 12.6. The van der Waals surface area contributed by atoms with E-state index in [0.29, 0.717) is 40.3 Å². The van der Waals surface area contributed by atoms with Crippen LogP contribution >= 0.6 is 0 Å². The molecular weight excluding hydrogens is 586 g/mol. The Morgan fingerprint density at radius 3 is 2.61 bits per heavy atom. The number of nitrogens with one attached hydrogen (secondary N) is 1. The summed E-state index contributed by atoms with van der Waals surface area (Å²) in [4.78, 5) is 39.1. The van der Waals surface area contributed by atoms with Gasteiger partial charge in [0, 0.05) is 53.2 Å². The van der Waals surface area contributed by atoms with Crippen LogP contribution in [0.3, 0.4) is 0 Å². The summed E-state index contributed by atoms with van der Waals surface area (Å²) in [5, 5.41) is 16.1. The molecule has 2 atom stereocenters. The maximum atomic E-state index is 13.7. The maximum absolute atomic E-state index is 13.7. The summed E-state index contributed by atoms with van der Waals surface area (Å²) in [6, 6.07) is 17.4. The van der Waals surface area contributed by atoms with Crippen molar-refractivity contribution in [2.75, 3.05) is 11.4 Å². The van der Waals surface area contributed by atoms with Crippen LogP contribution < -0.4 is 20.6 Å². The zero-order valence-corrected chi connectivity index (χ0v) is 26.2. The molecule has 2 aliphatic rings. The molecule has 5 aromatic rings. The summed E-state index contributed by atoms with van der Waals surface area (Å²) in [7, 11) is 0. The van der Waals surface area contributed by atoms with E-state index in [1.807, 2.05) is 63.3 Å². The quantitative estimate of drug-likeness (QED) is 0.120. The van der Waals surface area contributed by atoms with E-state index in [1.165, 1.54) is 18.2 Å². The van der Waals surface area contributed by atoms with Crippen LogP contribution in [0.4, 0.5) is 11.4 Å². The Labute approximate surface area is 264 Å². The number of hydrogen-bond donors (Lipinski definition) is 1. The smallest absolute Gasteiger partial charge is 0.336 e. The van der Waals surface area contributed by atoms with Gasteiger partial charge in [-0.3, -0.25) is 14.9 Å². The third-order valence-corrected chi connectivity index (χ3v) is 9.38. The minimum absolute atomic E-state index is 0.0119. The highest BCUT2D eigenvalue weighted by Crippen LogP contribution is 2.55. The molecule has 10 nitrogen and oxygen atoms in total. The van der Waals surface area contributed by atoms with Gasteiger partial charge in [0.1, 0.15) is 22.7 Å². The van der Waals surface area contributed by atoms with Crippen molar-refractivity contribution in [2.45, 2.75) is 58.2 Å². The lowest BCUT2D eigenvalue weighted by Gasteiger charge is -2.47. The molecule has 46 heavy (non-hydrogen) atoms. The van der Waals surface area contributed by atoms with E-state index in [4.69, 9.17) is 13.6 Å². The van der Waals surface area contributed by atoms with Crippen LogP contribution in [-0.2, 0) is 10.2 Å². The predicted octanol–water partition coefficient (Wildman–Crippen LogP) is 7.23. The summed E-state index contributed by atoms with van der Waals surface area (Å²) in [5.74, 6) is 1.04. The maximum Gasteiger partial charge on any atom is 0.336 e. The second kappa shape index (κ2) is 10.3. The van der Waals surface area contributed by atoms with Crippen LogP contribution in [0.25, 0.3) is 28.0 Å². The van der Waals surface area contributed by atoms with Crippen LogP contribution in [0.2, 0.25) is 0 Å². The SMILES string of the molecule is Cc1cc2cc3c(C)cc(=O)oc3c(C(C)NC(=O)CCN3c4ccccc4C(C)(C)C34C=Cc3cc([N+](=O)[O-])ccc3O4)c2o1. The number of carbonyl (C=O) groups excluding carboxylic acids is 1. The molecule has 0 saturated carbocycles. The van der Waals surface area contributed by atoms with Crippen molar-refractivity contribution in [1.29, 1.82) is 0 Å². The number of anilines is 1. The van der Waals surface area contributed by atoms with Crippen LogP contribution in [0.5, 0.6) is 5.75 Å². The van der Waals surface area contributed by atoms with Crippen molar-refractivity contribution in [3.8, 4) is 5.75 Å². The average Bonchev–Trinajstić information content (AvgIpc) is 3.46. The largest absolute Gasteiger partial charge is 0.463 e. The highest BCUT2D eigenvalue weighted by Gasteiger charge is 2.58. The Balaban J connectivity index is 1.20. The van der Waals surface area contributed by atoms with Crippen LogP contribution in [0.1, 0.15) is 61.2 Å². The van der Waals surface area contributed by atoms with Crippen molar-refractivity contribution in [2.24, 2.45) is 0 Å². The van der Waals surface area contributed by atoms with Crippen LogP contribution in [-0.4, -0.2) is 23.1 Å². The lowest BCUT2D eigenvalue weighted by molar-refractivity contribution is -0.384. The molecule has 0 bridgehead atoms. The lowest BCUT2D eigenvalue weighted by atomic mass is 9.76. The van der Waals surface area contributed by atoms with Gasteiger partial charge < -0.3 is 23.8 Å². The number of benzene rings is 3. The summed E-state index contributed by atoms with van der Waals surface area (Å²) in [6.45, 7) is 10.1. The molecule has 4 heterocycles. The van der Waals surface area contributed by atoms with E-state index in [2.05, 4.69) is 30.1 Å². The minimum Gasteiger partial charge on any atom is -0.463 e. The Morgan fingerprint density at radius 2 is 1.83 bits per heavy atom. The number of nitrogens with zero attached hydrogens (tertiary/aromatic N) is 2. The lowest BCUT2D eigenvalue weighted by Crippen LogP contribution is -2.60. The molecule has 2 unspecified atom stereocenters. The van der Waals surface area contributed by atoms with Crippen molar-refractivity contribution < 1.29 is 23.3 Å². The fourth-order valence-electron chi connectivity index (χ4n) is 7.09. The molecule has 3 aromatic carbocycles. The van der Waals surface area contributed by atoms with Gasteiger partial charge in [0.05, 0.1) is 21.9 Å². The number of amides is 1. The number of aryl methyl sites for hydroxylation is 2.